The fourth-order valence-corrected chi connectivity index (χ4v) is 1.23. The standard InChI is InChI=1S/C8H17NO/c1-6-8(5)9(10-8)7(2,3)4/h6H2,1-5H3. The average Bonchev–Trinajstić information content (AvgIpc) is 2.43. The van der Waals surface area contributed by atoms with Crippen LogP contribution in [-0.2, 0) is 4.84 Å². The van der Waals surface area contributed by atoms with Gasteiger partial charge in [-0.05, 0) is 34.1 Å². The quantitative estimate of drug-likeness (QED) is 0.523. The Morgan fingerprint density at radius 3 is 2.00 bits per heavy atom. The molecule has 0 aromatic carbocycles. The summed E-state index contributed by atoms with van der Waals surface area (Å²) >= 11 is 0. The van der Waals surface area contributed by atoms with Crippen LogP contribution >= 0.6 is 0 Å². The Morgan fingerprint density at radius 1 is 1.40 bits per heavy atom. The summed E-state index contributed by atoms with van der Waals surface area (Å²) in [5, 5.41) is 2.06. The molecule has 0 aromatic rings. The van der Waals surface area contributed by atoms with Crippen LogP contribution < -0.4 is 0 Å². The van der Waals surface area contributed by atoms with Gasteiger partial charge in [-0.1, -0.05) is 6.92 Å². The molecule has 1 aliphatic rings. The monoisotopic (exact) mass is 143 g/mol. The topological polar surface area (TPSA) is 15.5 Å². The molecular formula is C8H17NO. The zero-order valence-electron chi connectivity index (χ0n) is 7.56. The van der Waals surface area contributed by atoms with Crippen LogP contribution in [0.3, 0.4) is 0 Å². The van der Waals surface area contributed by atoms with Crippen LogP contribution in [0, 0.1) is 0 Å². The maximum atomic E-state index is 5.45. The maximum Gasteiger partial charge on any atom is 0.162 e. The highest BCUT2D eigenvalue weighted by atomic mass is 16.9. The van der Waals surface area contributed by atoms with Gasteiger partial charge in [0, 0.05) is 5.54 Å². The largest absolute Gasteiger partial charge is 0.271 e. The predicted octanol–water partition coefficient (Wildman–Crippen LogP) is 2.16. The van der Waals surface area contributed by atoms with Crippen LogP contribution in [0.4, 0.5) is 0 Å². The van der Waals surface area contributed by atoms with Gasteiger partial charge in [0.2, 0.25) is 0 Å². The SMILES string of the molecule is CCC1(C)ON1C(C)(C)C. The zero-order chi connectivity index (χ0) is 7.99. The molecule has 0 radical (unpaired) electrons. The van der Waals surface area contributed by atoms with E-state index in [0.717, 1.165) is 6.42 Å². The second-order valence-corrected chi connectivity index (χ2v) is 4.09. The average molecular weight is 143 g/mol. The van der Waals surface area contributed by atoms with Gasteiger partial charge in [-0.25, -0.2) is 0 Å². The lowest BCUT2D eigenvalue weighted by Gasteiger charge is -2.18. The van der Waals surface area contributed by atoms with E-state index in [1.807, 2.05) is 0 Å². The van der Waals surface area contributed by atoms with E-state index in [2.05, 4.69) is 39.7 Å². The molecule has 1 aliphatic heterocycles. The molecule has 0 spiro atoms. The molecular weight excluding hydrogens is 126 g/mol. The van der Waals surface area contributed by atoms with Crippen molar-refractivity contribution in [2.75, 3.05) is 0 Å². The van der Waals surface area contributed by atoms with E-state index in [1.165, 1.54) is 0 Å². The molecule has 0 N–H and O–H groups in total. The lowest BCUT2D eigenvalue weighted by molar-refractivity contribution is 0.101. The third kappa shape index (κ3) is 1.18. The lowest BCUT2D eigenvalue weighted by Crippen LogP contribution is -2.31. The maximum absolute atomic E-state index is 5.45. The molecule has 10 heavy (non-hydrogen) atoms. The molecule has 2 heteroatoms. The van der Waals surface area contributed by atoms with Crippen LogP contribution in [-0.4, -0.2) is 16.3 Å². The summed E-state index contributed by atoms with van der Waals surface area (Å²) in [6.07, 6.45) is 1.06. The van der Waals surface area contributed by atoms with Gasteiger partial charge in [-0.15, -0.1) is 5.06 Å². The smallest absolute Gasteiger partial charge is 0.162 e. The molecule has 2 unspecified atom stereocenters. The van der Waals surface area contributed by atoms with E-state index in [1.54, 1.807) is 0 Å². The number of hydrogen-bond acceptors (Lipinski definition) is 2. The molecule has 60 valence electrons. The first-order valence-corrected chi connectivity index (χ1v) is 3.89. The van der Waals surface area contributed by atoms with Gasteiger partial charge in [0.25, 0.3) is 0 Å². The Morgan fingerprint density at radius 2 is 1.90 bits per heavy atom. The van der Waals surface area contributed by atoms with Gasteiger partial charge in [0.1, 0.15) is 0 Å². The molecule has 1 saturated heterocycles. The molecule has 1 heterocycles. The van der Waals surface area contributed by atoms with Crippen molar-refractivity contribution in [3.63, 3.8) is 0 Å². The van der Waals surface area contributed by atoms with Crippen LogP contribution in [0.1, 0.15) is 41.0 Å². The molecule has 2 atom stereocenters. The second kappa shape index (κ2) is 1.95. The first kappa shape index (κ1) is 8.02. The zero-order valence-corrected chi connectivity index (χ0v) is 7.56. The van der Waals surface area contributed by atoms with Gasteiger partial charge in [0.15, 0.2) is 5.72 Å². The Kier molecular flexibility index (Phi) is 1.57. The summed E-state index contributed by atoms with van der Waals surface area (Å²) in [7, 11) is 0. The van der Waals surface area contributed by atoms with E-state index in [4.69, 9.17) is 4.84 Å². The van der Waals surface area contributed by atoms with Crippen molar-refractivity contribution in [2.24, 2.45) is 0 Å². The van der Waals surface area contributed by atoms with Gasteiger partial charge < -0.3 is 0 Å². The summed E-state index contributed by atoms with van der Waals surface area (Å²) < 4.78 is 0. The number of nitrogens with zero attached hydrogens (tertiary/aromatic N) is 1. The van der Waals surface area contributed by atoms with Crippen molar-refractivity contribution in [1.29, 1.82) is 0 Å². The van der Waals surface area contributed by atoms with Crippen molar-refractivity contribution >= 4 is 0 Å². The summed E-state index contributed by atoms with van der Waals surface area (Å²) in [6, 6.07) is 0. The molecule has 0 saturated carbocycles. The molecule has 1 fully saturated rings. The van der Waals surface area contributed by atoms with Crippen LogP contribution in [0.5, 0.6) is 0 Å². The predicted molar refractivity (Wildman–Crippen MR) is 41.4 cm³/mol. The molecule has 1 rings (SSSR count). The third-order valence-electron chi connectivity index (χ3n) is 1.95. The van der Waals surface area contributed by atoms with E-state index >= 15 is 0 Å². The minimum atomic E-state index is 0.0260. The third-order valence-corrected chi connectivity index (χ3v) is 1.95. The molecule has 0 bridgehead atoms. The van der Waals surface area contributed by atoms with Crippen molar-refractivity contribution in [3.8, 4) is 0 Å². The lowest BCUT2D eigenvalue weighted by atomic mass is 10.1. The fraction of sp³-hybridized carbons (Fsp3) is 1.00. The van der Waals surface area contributed by atoms with E-state index in [-0.39, 0.29) is 11.3 Å². The van der Waals surface area contributed by atoms with E-state index in [9.17, 15) is 0 Å². The molecule has 0 aliphatic carbocycles. The fourth-order valence-electron chi connectivity index (χ4n) is 1.23. The molecule has 0 aromatic heterocycles. The van der Waals surface area contributed by atoms with Gasteiger partial charge in [0.05, 0.1) is 0 Å². The first-order chi connectivity index (χ1) is 4.40. The van der Waals surface area contributed by atoms with Crippen molar-refractivity contribution in [1.82, 2.24) is 5.06 Å². The van der Waals surface area contributed by atoms with E-state index < -0.39 is 0 Å². The summed E-state index contributed by atoms with van der Waals surface area (Å²) in [6.45, 7) is 10.7. The van der Waals surface area contributed by atoms with Crippen molar-refractivity contribution < 1.29 is 4.84 Å². The van der Waals surface area contributed by atoms with Crippen molar-refractivity contribution in [3.05, 3.63) is 0 Å². The summed E-state index contributed by atoms with van der Waals surface area (Å²) in [5.74, 6) is 0. The Bertz CT molecular complexity index is 139. The molecule has 2 nitrogen and oxygen atoms in total. The minimum Gasteiger partial charge on any atom is -0.271 e. The van der Waals surface area contributed by atoms with E-state index in [0.29, 0.717) is 0 Å². The second-order valence-electron chi connectivity index (χ2n) is 4.09. The van der Waals surface area contributed by atoms with Crippen molar-refractivity contribution in [2.45, 2.75) is 52.3 Å². The van der Waals surface area contributed by atoms with Crippen LogP contribution in [0.15, 0.2) is 0 Å². The Labute approximate surface area is 63.1 Å². The van der Waals surface area contributed by atoms with Crippen LogP contribution in [0.2, 0.25) is 0 Å². The van der Waals surface area contributed by atoms with Gasteiger partial charge in [-0.3, -0.25) is 4.84 Å². The minimum absolute atomic E-state index is 0.0260. The highest BCUT2D eigenvalue weighted by Gasteiger charge is 2.54. The Balaban J connectivity index is 2.52. The summed E-state index contributed by atoms with van der Waals surface area (Å²) in [4.78, 5) is 5.45. The number of hydroxylamine groups is 2. The van der Waals surface area contributed by atoms with Gasteiger partial charge in [-0.2, -0.15) is 0 Å². The first-order valence-electron chi connectivity index (χ1n) is 3.89. The van der Waals surface area contributed by atoms with Crippen LogP contribution in [0.25, 0.3) is 0 Å². The highest BCUT2D eigenvalue weighted by molar-refractivity contribution is 4.89. The highest BCUT2D eigenvalue weighted by Crippen LogP contribution is 2.43. The number of rotatable bonds is 1. The Hall–Kier alpha value is -0.0800. The normalized spacial score (nSPS) is 39.9. The summed E-state index contributed by atoms with van der Waals surface area (Å²) in [5.41, 5.74) is 0.184. The van der Waals surface area contributed by atoms with Gasteiger partial charge >= 0.3 is 0 Å². The molecule has 0 amide bonds. The number of hydrogen-bond donors (Lipinski definition) is 0.